The van der Waals surface area contributed by atoms with Gasteiger partial charge in [0.2, 0.25) is 0 Å². The fourth-order valence-electron chi connectivity index (χ4n) is 2.34. The Morgan fingerprint density at radius 2 is 1.65 bits per heavy atom. The molecule has 0 saturated carbocycles. The number of benzene rings is 2. The van der Waals surface area contributed by atoms with E-state index < -0.39 is 0 Å². The van der Waals surface area contributed by atoms with Gasteiger partial charge in [0, 0.05) is 11.6 Å². The van der Waals surface area contributed by atoms with Crippen molar-refractivity contribution in [3.8, 4) is 5.69 Å². The fourth-order valence-corrected chi connectivity index (χ4v) is 2.34. The zero-order valence-electron chi connectivity index (χ0n) is 10.5. The second kappa shape index (κ2) is 4.06. The highest BCUT2D eigenvalue weighted by atomic mass is 16.5. The number of fused-ring (bicyclic) bond motifs is 3. The van der Waals surface area contributed by atoms with Crippen LogP contribution in [-0.2, 0) is 0 Å². The van der Waals surface area contributed by atoms with Crippen molar-refractivity contribution in [1.29, 1.82) is 0 Å². The highest BCUT2D eigenvalue weighted by Gasteiger charge is 2.13. The van der Waals surface area contributed by atoms with E-state index in [1.807, 2.05) is 54.6 Å². The van der Waals surface area contributed by atoms with Gasteiger partial charge < -0.3 is 4.52 Å². The highest BCUT2D eigenvalue weighted by Crippen LogP contribution is 2.22. The molecule has 4 rings (SSSR count). The summed E-state index contributed by atoms with van der Waals surface area (Å²) < 4.78 is 7.07. The minimum Gasteiger partial charge on any atom is -0.370 e. The van der Waals surface area contributed by atoms with Gasteiger partial charge in [0.15, 0.2) is 5.58 Å². The number of hydrogen-bond acceptors (Lipinski definition) is 3. The highest BCUT2D eigenvalue weighted by molar-refractivity contribution is 6.01. The normalized spacial score (nSPS) is 11.2. The number of nitrogens with zero attached hydrogens (tertiary/aromatic N) is 2. The van der Waals surface area contributed by atoms with Gasteiger partial charge >= 0.3 is 0 Å². The standard InChI is InChI=1S/C16H10N2O2/c19-16-13-10-17-14-9-5-4-8-12(14)15(13)20-18(16)11-6-2-1-3-7-11/h1-10H. The average molecular weight is 262 g/mol. The van der Waals surface area contributed by atoms with Crippen LogP contribution >= 0.6 is 0 Å². The van der Waals surface area contributed by atoms with E-state index in [9.17, 15) is 4.79 Å². The lowest BCUT2D eigenvalue weighted by molar-refractivity contribution is 0.370. The van der Waals surface area contributed by atoms with Crippen molar-refractivity contribution in [1.82, 2.24) is 9.72 Å². The molecule has 0 saturated heterocycles. The maximum atomic E-state index is 12.4. The number of hydrogen-bond donors (Lipinski definition) is 0. The molecule has 0 spiro atoms. The Labute approximate surface area is 113 Å². The summed E-state index contributed by atoms with van der Waals surface area (Å²) in [4.78, 5) is 16.7. The van der Waals surface area contributed by atoms with Crippen molar-refractivity contribution >= 4 is 21.9 Å². The summed E-state index contributed by atoms with van der Waals surface area (Å²) in [7, 11) is 0. The van der Waals surface area contributed by atoms with Gasteiger partial charge in [0.25, 0.3) is 5.56 Å². The lowest BCUT2D eigenvalue weighted by Gasteiger charge is -1.98. The molecule has 2 aromatic carbocycles. The van der Waals surface area contributed by atoms with Crippen molar-refractivity contribution in [2.75, 3.05) is 0 Å². The zero-order chi connectivity index (χ0) is 13.5. The molecule has 0 bridgehead atoms. The van der Waals surface area contributed by atoms with Gasteiger partial charge in [-0.25, -0.2) is 0 Å². The van der Waals surface area contributed by atoms with Crippen molar-refractivity contribution in [3.63, 3.8) is 0 Å². The summed E-state index contributed by atoms with van der Waals surface area (Å²) in [5, 5.41) is 1.34. The number of para-hydroxylation sites is 2. The Morgan fingerprint density at radius 1 is 0.900 bits per heavy atom. The van der Waals surface area contributed by atoms with E-state index in [1.165, 1.54) is 4.74 Å². The molecule has 0 aliphatic rings. The predicted octanol–water partition coefficient (Wildman–Crippen LogP) is 3.13. The van der Waals surface area contributed by atoms with Crippen molar-refractivity contribution in [2.24, 2.45) is 0 Å². The molecule has 4 aromatic rings. The van der Waals surface area contributed by atoms with Crippen LogP contribution in [0.15, 0.2) is 70.1 Å². The first-order chi connectivity index (χ1) is 9.84. The Bertz CT molecular complexity index is 968. The van der Waals surface area contributed by atoms with Gasteiger partial charge in [0.05, 0.1) is 11.2 Å². The molecule has 20 heavy (non-hydrogen) atoms. The van der Waals surface area contributed by atoms with E-state index in [0.717, 1.165) is 10.9 Å². The number of aromatic nitrogens is 2. The van der Waals surface area contributed by atoms with E-state index >= 15 is 0 Å². The smallest absolute Gasteiger partial charge is 0.296 e. The van der Waals surface area contributed by atoms with Crippen LogP contribution in [-0.4, -0.2) is 9.72 Å². The second-order valence-corrected chi connectivity index (χ2v) is 4.54. The van der Waals surface area contributed by atoms with Gasteiger partial charge in [-0.1, -0.05) is 30.3 Å². The lowest BCUT2D eigenvalue weighted by Crippen LogP contribution is -2.11. The summed E-state index contributed by atoms with van der Waals surface area (Å²) in [6.07, 6.45) is 1.57. The minimum atomic E-state index is -0.190. The van der Waals surface area contributed by atoms with Crippen molar-refractivity contribution in [2.45, 2.75) is 0 Å². The maximum absolute atomic E-state index is 12.4. The van der Waals surface area contributed by atoms with E-state index in [2.05, 4.69) is 4.98 Å². The summed E-state index contributed by atoms with van der Waals surface area (Å²) in [5.74, 6) is 0. The SMILES string of the molecule is O=c1c2cnc3ccccc3c2on1-c1ccccc1. The molecule has 4 heteroatoms. The van der Waals surface area contributed by atoms with Crippen molar-refractivity contribution in [3.05, 3.63) is 71.1 Å². The van der Waals surface area contributed by atoms with Gasteiger partial charge in [0.1, 0.15) is 5.39 Å². The average Bonchev–Trinajstić information content (AvgIpc) is 2.86. The van der Waals surface area contributed by atoms with Crippen LogP contribution < -0.4 is 5.56 Å². The molecule has 0 unspecified atom stereocenters. The van der Waals surface area contributed by atoms with Crippen LogP contribution in [0.4, 0.5) is 0 Å². The molecule has 96 valence electrons. The van der Waals surface area contributed by atoms with E-state index in [4.69, 9.17) is 4.52 Å². The Hall–Kier alpha value is -2.88. The third-order valence-electron chi connectivity index (χ3n) is 3.31. The summed E-state index contributed by atoms with van der Waals surface area (Å²) in [6, 6.07) is 16.9. The van der Waals surface area contributed by atoms with Crippen LogP contribution in [0, 0.1) is 0 Å². The first kappa shape index (κ1) is 11.0. The third kappa shape index (κ3) is 1.48. The van der Waals surface area contributed by atoms with E-state index in [1.54, 1.807) is 6.20 Å². The lowest BCUT2D eigenvalue weighted by atomic mass is 10.2. The summed E-state index contributed by atoms with van der Waals surface area (Å²) in [6.45, 7) is 0. The van der Waals surface area contributed by atoms with Gasteiger partial charge in [-0.2, -0.15) is 0 Å². The Balaban J connectivity index is 2.13. The number of pyridine rings is 1. The molecule has 0 N–H and O–H groups in total. The first-order valence-corrected chi connectivity index (χ1v) is 6.30. The quantitative estimate of drug-likeness (QED) is 0.529. The molecule has 0 atom stereocenters. The minimum absolute atomic E-state index is 0.190. The van der Waals surface area contributed by atoms with Crippen molar-refractivity contribution < 1.29 is 4.52 Å². The van der Waals surface area contributed by atoms with E-state index in [-0.39, 0.29) is 5.56 Å². The molecule has 0 fully saturated rings. The van der Waals surface area contributed by atoms with Gasteiger partial charge in [-0.15, -0.1) is 4.74 Å². The molecule has 0 aliphatic heterocycles. The van der Waals surface area contributed by atoms with Crippen LogP contribution in [0.2, 0.25) is 0 Å². The summed E-state index contributed by atoms with van der Waals surface area (Å²) in [5.41, 5.74) is 1.90. The molecule has 0 amide bonds. The molecule has 0 aliphatic carbocycles. The molecule has 2 aromatic heterocycles. The van der Waals surface area contributed by atoms with Crippen LogP contribution in [0.1, 0.15) is 0 Å². The topological polar surface area (TPSA) is 48.0 Å². The third-order valence-corrected chi connectivity index (χ3v) is 3.31. The predicted molar refractivity (Wildman–Crippen MR) is 77.1 cm³/mol. The molecule has 0 radical (unpaired) electrons. The maximum Gasteiger partial charge on any atom is 0.296 e. The van der Waals surface area contributed by atoms with E-state index in [0.29, 0.717) is 16.7 Å². The zero-order valence-corrected chi connectivity index (χ0v) is 10.5. The van der Waals surface area contributed by atoms with Crippen LogP contribution in [0.25, 0.3) is 27.6 Å². The molecular weight excluding hydrogens is 252 g/mol. The molecule has 4 nitrogen and oxygen atoms in total. The van der Waals surface area contributed by atoms with Crippen LogP contribution in [0.5, 0.6) is 0 Å². The second-order valence-electron chi connectivity index (χ2n) is 4.54. The Kier molecular flexibility index (Phi) is 2.23. The molecule has 2 heterocycles. The van der Waals surface area contributed by atoms with Gasteiger partial charge in [-0.05, 0) is 24.3 Å². The largest absolute Gasteiger partial charge is 0.370 e. The fraction of sp³-hybridized carbons (Fsp3) is 0. The first-order valence-electron chi connectivity index (χ1n) is 6.30. The Morgan fingerprint density at radius 3 is 2.50 bits per heavy atom. The van der Waals surface area contributed by atoms with Crippen LogP contribution in [0.3, 0.4) is 0 Å². The monoisotopic (exact) mass is 262 g/mol. The molecular formula is C16H10N2O2. The van der Waals surface area contributed by atoms with Gasteiger partial charge in [-0.3, -0.25) is 9.78 Å². The summed E-state index contributed by atoms with van der Waals surface area (Å²) >= 11 is 0. The number of rotatable bonds is 1.